The second-order valence-electron chi connectivity index (χ2n) is 9.03. The number of anilines is 1. The van der Waals surface area contributed by atoms with E-state index < -0.39 is 83.3 Å². The van der Waals surface area contributed by atoms with Gasteiger partial charge in [0.25, 0.3) is 11.5 Å². The van der Waals surface area contributed by atoms with Crippen LogP contribution in [0.15, 0.2) is 64.5 Å². The molecule has 42 heavy (non-hydrogen) atoms. The highest BCUT2D eigenvalue weighted by Gasteiger charge is 2.28. The molecule has 0 saturated heterocycles. The van der Waals surface area contributed by atoms with Gasteiger partial charge in [0.05, 0.1) is 24.6 Å². The summed E-state index contributed by atoms with van der Waals surface area (Å²) in [5.41, 5.74) is -3.23. The monoisotopic (exact) mass is 601 g/mol. The van der Waals surface area contributed by atoms with Gasteiger partial charge < -0.3 is 14.6 Å². The van der Waals surface area contributed by atoms with Gasteiger partial charge >= 0.3 is 0 Å². The molecule has 5 aromatic rings. The van der Waals surface area contributed by atoms with E-state index in [-0.39, 0.29) is 16.8 Å². The minimum atomic E-state index is -4.46. The Labute approximate surface area is 234 Å². The Balaban J connectivity index is 1.53. The molecule has 0 aliphatic heterocycles. The summed E-state index contributed by atoms with van der Waals surface area (Å²) in [6.45, 7) is 0. The first-order valence-electron chi connectivity index (χ1n) is 12.0. The summed E-state index contributed by atoms with van der Waals surface area (Å²) < 4.78 is 92.0. The first kappa shape index (κ1) is 28.5. The number of nitrogens with one attached hydrogen (secondary N) is 2. The Hall–Kier alpha value is -5.05. The van der Waals surface area contributed by atoms with E-state index in [4.69, 9.17) is 4.74 Å². The van der Waals surface area contributed by atoms with E-state index in [1.54, 1.807) is 0 Å². The Morgan fingerprint density at radius 2 is 1.86 bits per heavy atom. The van der Waals surface area contributed by atoms with Gasteiger partial charge in [0, 0.05) is 29.8 Å². The predicted octanol–water partition coefficient (Wildman–Crippen LogP) is 4.11. The minimum Gasteiger partial charge on any atom is -0.480 e. The zero-order valence-electron chi connectivity index (χ0n) is 21.7. The SMILES string of the molecule is COc1ncc(F)cc1S(=O)(=O)Cc1ccc(F)c(-c2ccc3c(C(=O)Nc4cccn(C)c4=O)[nH]nc3c2F)c1F. The highest BCUT2D eigenvalue weighted by Crippen LogP contribution is 2.35. The van der Waals surface area contributed by atoms with Crippen molar-refractivity contribution in [1.82, 2.24) is 19.7 Å². The van der Waals surface area contributed by atoms with Gasteiger partial charge in [-0.15, -0.1) is 0 Å². The number of hydrogen-bond acceptors (Lipinski definition) is 7. The molecule has 216 valence electrons. The van der Waals surface area contributed by atoms with Crippen molar-refractivity contribution in [3.8, 4) is 17.0 Å². The number of H-pyrrole nitrogens is 1. The van der Waals surface area contributed by atoms with Crippen molar-refractivity contribution in [3.05, 3.63) is 99.7 Å². The van der Waals surface area contributed by atoms with Crippen molar-refractivity contribution < 1.29 is 35.5 Å². The van der Waals surface area contributed by atoms with Crippen LogP contribution in [0.1, 0.15) is 16.1 Å². The van der Waals surface area contributed by atoms with E-state index in [0.29, 0.717) is 6.07 Å². The number of ether oxygens (including phenoxy) is 1. The number of carbonyl (C=O) groups excluding carboxylic acids is 1. The lowest BCUT2D eigenvalue weighted by Crippen LogP contribution is -2.23. The second-order valence-corrected chi connectivity index (χ2v) is 11.0. The van der Waals surface area contributed by atoms with Crippen LogP contribution in [0.3, 0.4) is 0 Å². The van der Waals surface area contributed by atoms with Crippen LogP contribution in [0.4, 0.5) is 23.2 Å². The van der Waals surface area contributed by atoms with E-state index in [0.717, 1.165) is 31.5 Å². The summed E-state index contributed by atoms with van der Waals surface area (Å²) in [4.78, 5) is 28.0. The molecule has 3 heterocycles. The lowest BCUT2D eigenvalue weighted by molar-refractivity contribution is 0.102. The molecule has 0 aliphatic rings. The van der Waals surface area contributed by atoms with Crippen molar-refractivity contribution in [2.75, 3.05) is 12.4 Å². The number of aromatic amines is 1. The normalized spacial score (nSPS) is 11.6. The molecule has 0 radical (unpaired) electrons. The van der Waals surface area contributed by atoms with E-state index in [1.807, 2.05) is 0 Å². The van der Waals surface area contributed by atoms with Crippen LogP contribution in [0, 0.1) is 23.3 Å². The number of aryl methyl sites for hydroxylation is 1. The average Bonchev–Trinajstić information content (AvgIpc) is 3.39. The highest BCUT2D eigenvalue weighted by molar-refractivity contribution is 7.90. The maximum Gasteiger partial charge on any atom is 0.274 e. The van der Waals surface area contributed by atoms with Gasteiger partial charge in [-0.1, -0.05) is 12.1 Å². The minimum absolute atomic E-state index is 0.0487. The van der Waals surface area contributed by atoms with Crippen molar-refractivity contribution in [2.45, 2.75) is 10.6 Å². The lowest BCUT2D eigenvalue weighted by Gasteiger charge is -2.13. The number of amides is 1. The number of nitrogens with zero attached hydrogens (tertiary/aromatic N) is 3. The third kappa shape index (κ3) is 4.98. The molecular weight excluding hydrogens is 582 g/mol. The summed E-state index contributed by atoms with van der Waals surface area (Å²) in [7, 11) is -1.87. The van der Waals surface area contributed by atoms with Crippen LogP contribution in [-0.4, -0.2) is 41.2 Å². The molecule has 0 atom stereocenters. The summed E-state index contributed by atoms with van der Waals surface area (Å²) >= 11 is 0. The van der Waals surface area contributed by atoms with Crippen molar-refractivity contribution in [1.29, 1.82) is 0 Å². The molecule has 10 nitrogen and oxygen atoms in total. The zero-order chi connectivity index (χ0) is 30.3. The van der Waals surface area contributed by atoms with E-state index >= 15 is 8.78 Å². The van der Waals surface area contributed by atoms with Crippen LogP contribution < -0.4 is 15.6 Å². The number of sulfone groups is 1. The van der Waals surface area contributed by atoms with Crippen molar-refractivity contribution >= 4 is 32.3 Å². The maximum atomic E-state index is 15.6. The first-order valence-corrected chi connectivity index (χ1v) is 13.6. The molecule has 1 amide bonds. The summed E-state index contributed by atoms with van der Waals surface area (Å²) in [5, 5.41) is 8.50. The number of pyridine rings is 2. The maximum absolute atomic E-state index is 15.6. The second kappa shape index (κ2) is 10.7. The third-order valence-electron chi connectivity index (χ3n) is 6.36. The van der Waals surface area contributed by atoms with E-state index in [2.05, 4.69) is 20.5 Å². The number of carbonyl (C=O) groups is 1. The number of hydrogen-bond donors (Lipinski definition) is 2. The summed E-state index contributed by atoms with van der Waals surface area (Å²) in [6.07, 6.45) is 2.22. The largest absolute Gasteiger partial charge is 0.480 e. The number of rotatable bonds is 7. The first-order chi connectivity index (χ1) is 19.9. The molecule has 15 heteroatoms. The average molecular weight is 602 g/mol. The van der Waals surface area contributed by atoms with Gasteiger partial charge in [0.1, 0.15) is 39.2 Å². The molecule has 0 unspecified atom stereocenters. The van der Waals surface area contributed by atoms with Gasteiger partial charge in [-0.2, -0.15) is 5.10 Å². The van der Waals surface area contributed by atoms with Gasteiger partial charge in [0.15, 0.2) is 15.7 Å². The standard InChI is InChI=1S/C27H19F4N5O5S/c1-36-9-3-4-18(27(36)38)33-25(37)24-16-7-6-15(22(31)23(16)34-35-24)20-17(29)8-5-13(21(20)30)12-42(39,40)19-10-14(28)11-32-26(19)41-2/h3-11H,12H2,1-2H3,(H,33,37)(H,34,35). The smallest absolute Gasteiger partial charge is 0.274 e. The number of aromatic nitrogens is 4. The predicted molar refractivity (Wildman–Crippen MR) is 143 cm³/mol. The molecule has 0 aliphatic carbocycles. The van der Waals surface area contributed by atoms with Crippen LogP contribution in [0.25, 0.3) is 22.0 Å². The molecular formula is C27H19F4N5O5S. The zero-order valence-corrected chi connectivity index (χ0v) is 22.5. The number of benzene rings is 2. The molecule has 5 rings (SSSR count). The third-order valence-corrected chi connectivity index (χ3v) is 8.02. The number of fused-ring (bicyclic) bond motifs is 1. The number of halogens is 4. The van der Waals surface area contributed by atoms with Crippen molar-refractivity contribution in [2.24, 2.45) is 7.05 Å². The lowest BCUT2D eigenvalue weighted by atomic mass is 9.99. The topological polar surface area (TPSA) is 136 Å². The Morgan fingerprint density at radius 3 is 2.60 bits per heavy atom. The fourth-order valence-corrected chi connectivity index (χ4v) is 5.79. The summed E-state index contributed by atoms with van der Waals surface area (Å²) in [5.74, 6) is -7.07. The van der Waals surface area contributed by atoms with Gasteiger partial charge in [0.2, 0.25) is 5.88 Å². The fraction of sp³-hybridized carbons (Fsp3) is 0.111. The molecule has 0 spiro atoms. The Kier molecular flexibility index (Phi) is 7.28. The van der Waals surface area contributed by atoms with Crippen LogP contribution in [0.2, 0.25) is 0 Å². The molecule has 0 saturated carbocycles. The quantitative estimate of drug-likeness (QED) is 0.268. The Bertz CT molecular complexity index is 2060. The summed E-state index contributed by atoms with van der Waals surface area (Å²) in [6, 6.07) is 7.38. The molecule has 0 bridgehead atoms. The molecule has 2 N–H and O–H groups in total. The van der Waals surface area contributed by atoms with Crippen LogP contribution in [-0.2, 0) is 22.6 Å². The molecule has 3 aromatic heterocycles. The van der Waals surface area contributed by atoms with E-state index in [9.17, 15) is 26.8 Å². The highest BCUT2D eigenvalue weighted by atomic mass is 32.2. The fourth-order valence-electron chi connectivity index (χ4n) is 4.31. The molecule has 2 aromatic carbocycles. The van der Waals surface area contributed by atoms with Gasteiger partial charge in [-0.3, -0.25) is 14.7 Å². The van der Waals surface area contributed by atoms with E-state index in [1.165, 1.54) is 36.0 Å². The number of methoxy groups -OCH3 is 1. The van der Waals surface area contributed by atoms with Crippen LogP contribution >= 0.6 is 0 Å². The van der Waals surface area contributed by atoms with Crippen LogP contribution in [0.5, 0.6) is 5.88 Å². The van der Waals surface area contributed by atoms with Gasteiger partial charge in [-0.25, -0.2) is 31.0 Å². The Morgan fingerprint density at radius 1 is 1.10 bits per heavy atom. The van der Waals surface area contributed by atoms with Crippen molar-refractivity contribution in [3.63, 3.8) is 0 Å². The van der Waals surface area contributed by atoms with Gasteiger partial charge in [-0.05, 0) is 30.3 Å². The molecule has 0 fully saturated rings.